The average molecular weight is 282 g/mol. The number of nitrogens with zero attached hydrogens (tertiary/aromatic N) is 2. The normalized spacial score (nSPS) is 33.0. The van der Waals surface area contributed by atoms with Gasteiger partial charge in [-0.1, -0.05) is 12.8 Å². The van der Waals surface area contributed by atoms with Gasteiger partial charge in [-0.2, -0.15) is 0 Å². The largest absolute Gasteiger partial charge is 0.390 e. The van der Waals surface area contributed by atoms with E-state index < -0.39 is 6.10 Å². The van der Waals surface area contributed by atoms with E-state index in [4.69, 9.17) is 4.74 Å². The van der Waals surface area contributed by atoms with E-state index in [1.807, 2.05) is 4.90 Å². The predicted molar refractivity (Wildman–Crippen MR) is 75.3 cm³/mol. The van der Waals surface area contributed by atoms with Crippen LogP contribution in [0.25, 0.3) is 0 Å². The van der Waals surface area contributed by atoms with Gasteiger partial charge in [-0.05, 0) is 18.8 Å². The number of aliphatic hydroxyl groups is 1. The van der Waals surface area contributed by atoms with Gasteiger partial charge < -0.3 is 14.7 Å². The number of hydrogen-bond donors (Lipinski definition) is 1. The molecule has 2 atom stereocenters. The van der Waals surface area contributed by atoms with Crippen molar-refractivity contribution < 1.29 is 14.6 Å². The number of morpholine rings is 1. The van der Waals surface area contributed by atoms with Crippen molar-refractivity contribution in [3.05, 3.63) is 0 Å². The molecule has 0 spiro atoms. The lowest BCUT2D eigenvalue weighted by Crippen LogP contribution is -2.49. The van der Waals surface area contributed by atoms with Crippen LogP contribution < -0.4 is 0 Å². The van der Waals surface area contributed by atoms with Crippen molar-refractivity contribution in [2.75, 3.05) is 39.4 Å². The predicted octanol–water partition coefficient (Wildman–Crippen LogP) is 0.471. The van der Waals surface area contributed by atoms with Crippen molar-refractivity contribution in [2.24, 2.45) is 5.92 Å². The Morgan fingerprint density at radius 2 is 1.85 bits per heavy atom. The van der Waals surface area contributed by atoms with Gasteiger partial charge in [-0.25, -0.2) is 0 Å². The number of aliphatic hydroxyl groups excluding tert-OH is 1. The van der Waals surface area contributed by atoms with Crippen LogP contribution in [-0.4, -0.2) is 72.4 Å². The monoisotopic (exact) mass is 282 g/mol. The maximum Gasteiger partial charge on any atom is 0.222 e. The van der Waals surface area contributed by atoms with Crippen molar-refractivity contribution in [1.29, 1.82) is 0 Å². The maximum absolute atomic E-state index is 12.3. The molecule has 0 aromatic rings. The van der Waals surface area contributed by atoms with Gasteiger partial charge in [-0.15, -0.1) is 0 Å². The Balaban J connectivity index is 1.52. The van der Waals surface area contributed by atoms with E-state index in [9.17, 15) is 9.90 Å². The van der Waals surface area contributed by atoms with Crippen LogP contribution in [0.15, 0.2) is 0 Å². The summed E-state index contributed by atoms with van der Waals surface area (Å²) >= 11 is 0. The van der Waals surface area contributed by atoms with Gasteiger partial charge in [-0.3, -0.25) is 9.69 Å². The molecule has 0 bridgehead atoms. The Morgan fingerprint density at radius 1 is 1.15 bits per heavy atom. The molecule has 114 valence electrons. The Bertz CT molecular complexity index is 338. The molecule has 20 heavy (non-hydrogen) atoms. The van der Waals surface area contributed by atoms with Crippen LogP contribution in [0, 0.1) is 5.92 Å². The van der Waals surface area contributed by atoms with E-state index in [-0.39, 0.29) is 11.9 Å². The third-order valence-corrected chi connectivity index (χ3v) is 5.06. The Hall–Kier alpha value is -0.650. The number of carbonyl (C=O) groups is 1. The zero-order chi connectivity index (χ0) is 13.9. The zero-order valence-corrected chi connectivity index (χ0v) is 12.2. The highest BCUT2D eigenvalue weighted by atomic mass is 16.5. The standard InChI is InChI=1S/C15H26N2O3/c18-14-11-17(15(19)9-12-3-1-2-4-12)10-13(14)16-5-7-20-8-6-16/h12-14,18H,1-11H2/t13-,14-/m1/s1. The van der Waals surface area contributed by atoms with E-state index in [1.54, 1.807) is 0 Å². The first-order chi connectivity index (χ1) is 9.74. The zero-order valence-electron chi connectivity index (χ0n) is 12.2. The van der Waals surface area contributed by atoms with Crippen molar-refractivity contribution in [1.82, 2.24) is 9.80 Å². The first kappa shape index (κ1) is 14.3. The number of rotatable bonds is 3. The third kappa shape index (κ3) is 3.15. The molecule has 3 rings (SSSR count). The highest BCUT2D eigenvalue weighted by Crippen LogP contribution is 2.29. The minimum atomic E-state index is -0.402. The molecule has 0 aromatic heterocycles. The fourth-order valence-corrected chi connectivity index (χ4v) is 3.83. The van der Waals surface area contributed by atoms with Gasteiger partial charge in [0.1, 0.15) is 0 Å². The van der Waals surface area contributed by atoms with Gasteiger partial charge in [0.15, 0.2) is 0 Å². The third-order valence-electron chi connectivity index (χ3n) is 5.06. The minimum Gasteiger partial charge on any atom is -0.390 e. The fraction of sp³-hybridized carbons (Fsp3) is 0.933. The molecule has 0 unspecified atom stereocenters. The summed E-state index contributed by atoms with van der Waals surface area (Å²) in [4.78, 5) is 16.5. The van der Waals surface area contributed by atoms with Crippen LogP contribution in [0.2, 0.25) is 0 Å². The molecular weight excluding hydrogens is 256 g/mol. The van der Waals surface area contributed by atoms with Crippen LogP contribution in [-0.2, 0) is 9.53 Å². The summed E-state index contributed by atoms with van der Waals surface area (Å²) in [6.45, 7) is 4.40. The molecule has 5 nitrogen and oxygen atoms in total. The van der Waals surface area contributed by atoms with Crippen molar-refractivity contribution in [3.8, 4) is 0 Å². The molecule has 1 aliphatic carbocycles. The lowest BCUT2D eigenvalue weighted by Gasteiger charge is -2.33. The SMILES string of the molecule is O=C(CC1CCCC1)N1C[C@@H](O)[C@H](N2CCOCC2)C1. The minimum absolute atomic E-state index is 0.103. The average Bonchev–Trinajstić information content (AvgIpc) is 3.09. The summed E-state index contributed by atoms with van der Waals surface area (Å²) < 4.78 is 5.35. The number of amides is 1. The van der Waals surface area contributed by atoms with Gasteiger partial charge >= 0.3 is 0 Å². The van der Waals surface area contributed by atoms with E-state index >= 15 is 0 Å². The van der Waals surface area contributed by atoms with Crippen LogP contribution in [0.3, 0.4) is 0 Å². The molecule has 3 fully saturated rings. The summed E-state index contributed by atoms with van der Waals surface area (Å²) in [7, 11) is 0. The van der Waals surface area contributed by atoms with Gasteiger partial charge in [0.2, 0.25) is 5.91 Å². The van der Waals surface area contributed by atoms with Gasteiger partial charge in [0.25, 0.3) is 0 Å². The molecule has 0 radical (unpaired) electrons. The Kier molecular flexibility index (Phi) is 4.58. The summed E-state index contributed by atoms with van der Waals surface area (Å²) in [5.41, 5.74) is 0. The van der Waals surface area contributed by atoms with Crippen LogP contribution >= 0.6 is 0 Å². The van der Waals surface area contributed by atoms with E-state index in [0.717, 1.165) is 26.3 Å². The summed E-state index contributed by atoms with van der Waals surface area (Å²) in [5.74, 6) is 0.828. The van der Waals surface area contributed by atoms with Crippen LogP contribution in [0.5, 0.6) is 0 Å². The van der Waals surface area contributed by atoms with Crippen LogP contribution in [0.4, 0.5) is 0 Å². The van der Waals surface area contributed by atoms with Crippen LogP contribution in [0.1, 0.15) is 32.1 Å². The molecule has 0 aromatic carbocycles. The quantitative estimate of drug-likeness (QED) is 0.817. The molecule has 1 saturated carbocycles. The molecule has 2 aliphatic heterocycles. The summed E-state index contributed by atoms with van der Waals surface area (Å²) in [6.07, 6.45) is 5.24. The number of hydrogen-bond acceptors (Lipinski definition) is 4. The second-order valence-corrected chi connectivity index (χ2v) is 6.44. The highest BCUT2D eigenvalue weighted by Gasteiger charge is 2.38. The maximum atomic E-state index is 12.3. The smallest absolute Gasteiger partial charge is 0.222 e. The number of β-amino-alcohol motifs (C(OH)–C–C–N with tert-alkyl or cyclic N) is 1. The fourth-order valence-electron chi connectivity index (χ4n) is 3.83. The second kappa shape index (κ2) is 6.41. The highest BCUT2D eigenvalue weighted by molar-refractivity contribution is 5.77. The van der Waals surface area contributed by atoms with E-state index in [1.165, 1.54) is 25.7 Å². The van der Waals surface area contributed by atoms with Crippen molar-refractivity contribution in [2.45, 2.75) is 44.2 Å². The molecule has 5 heteroatoms. The van der Waals surface area contributed by atoms with Crippen molar-refractivity contribution >= 4 is 5.91 Å². The lowest BCUT2D eigenvalue weighted by atomic mass is 10.0. The first-order valence-electron chi connectivity index (χ1n) is 8.01. The van der Waals surface area contributed by atoms with E-state index in [2.05, 4.69) is 4.90 Å². The van der Waals surface area contributed by atoms with Gasteiger partial charge in [0.05, 0.1) is 25.4 Å². The summed E-state index contributed by atoms with van der Waals surface area (Å²) in [6, 6.07) is 0.103. The topological polar surface area (TPSA) is 53.0 Å². The van der Waals surface area contributed by atoms with E-state index in [0.29, 0.717) is 25.4 Å². The second-order valence-electron chi connectivity index (χ2n) is 6.44. The Morgan fingerprint density at radius 3 is 2.55 bits per heavy atom. The Labute approximate surface area is 120 Å². The molecule has 2 saturated heterocycles. The number of likely N-dealkylation sites (tertiary alicyclic amines) is 1. The lowest BCUT2D eigenvalue weighted by molar-refractivity contribution is -0.131. The molecule has 2 heterocycles. The molecule has 1 N–H and O–H groups in total. The molecule has 1 amide bonds. The van der Waals surface area contributed by atoms with Crippen molar-refractivity contribution in [3.63, 3.8) is 0 Å². The molecular formula is C15H26N2O3. The number of ether oxygens (including phenoxy) is 1. The summed E-state index contributed by atoms with van der Waals surface area (Å²) in [5, 5.41) is 10.2. The number of carbonyl (C=O) groups excluding carboxylic acids is 1. The first-order valence-corrected chi connectivity index (χ1v) is 8.01. The molecule has 3 aliphatic rings. The van der Waals surface area contributed by atoms with Gasteiger partial charge in [0, 0.05) is 32.6 Å².